The highest BCUT2D eigenvalue weighted by molar-refractivity contribution is 7.10. The molecule has 1 heterocycles. The van der Waals surface area contributed by atoms with Crippen LogP contribution in [0.4, 0.5) is 0 Å². The van der Waals surface area contributed by atoms with Gasteiger partial charge in [0.05, 0.1) is 0 Å². The maximum atomic E-state index is 9.82. The summed E-state index contributed by atoms with van der Waals surface area (Å²) in [6, 6.07) is 3.96. The predicted molar refractivity (Wildman–Crippen MR) is 66.2 cm³/mol. The lowest BCUT2D eigenvalue weighted by Crippen LogP contribution is -2.26. The summed E-state index contributed by atoms with van der Waals surface area (Å²) < 4.78 is 0. The summed E-state index contributed by atoms with van der Waals surface area (Å²) in [5, 5.41) is 15.1. The molecule has 0 aromatic carbocycles. The average molecular weight is 227 g/mol. The highest BCUT2D eigenvalue weighted by Crippen LogP contribution is 2.17. The molecule has 1 rings (SSSR count). The van der Waals surface area contributed by atoms with Crippen LogP contribution in [0.2, 0.25) is 0 Å². The lowest BCUT2D eigenvalue weighted by Gasteiger charge is -2.15. The minimum atomic E-state index is -0.348. The van der Waals surface area contributed by atoms with Crippen molar-refractivity contribution in [2.75, 3.05) is 13.1 Å². The van der Waals surface area contributed by atoms with Gasteiger partial charge in [0.2, 0.25) is 0 Å². The van der Waals surface area contributed by atoms with Crippen molar-refractivity contribution in [2.45, 2.75) is 32.8 Å². The molecule has 0 fully saturated rings. The Balaban J connectivity index is 2.20. The quantitative estimate of drug-likeness (QED) is 0.750. The number of hydrogen-bond acceptors (Lipinski definition) is 3. The van der Waals surface area contributed by atoms with Crippen molar-refractivity contribution < 1.29 is 5.11 Å². The van der Waals surface area contributed by atoms with Gasteiger partial charge < -0.3 is 10.4 Å². The molecule has 1 aromatic heterocycles. The third kappa shape index (κ3) is 4.33. The summed E-state index contributed by atoms with van der Waals surface area (Å²) in [4.78, 5) is 1.05. The van der Waals surface area contributed by atoms with Gasteiger partial charge in [-0.05, 0) is 23.9 Å². The molecule has 1 unspecified atom stereocenters. The van der Waals surface area contributed by atoms with Gasteiger partial charge >= 0.3 is 0 Å². The summed E-state index contributed by atoms with van der Waals surface area (Å²) in [5.74, 6) is 0.737. The highest BCUT2D eigenvalue weighted by Gasteiger charge is 2.09. The molecule has 86 valence electrons. The first-order valence-corrected chi connectivity index (χ1v) is 6.58. The SMILES string of the molecule is CCC(CC)CNCC(O)c1cccs1. The summed E-state index contributed by atoms with van der Waals surface area (Å²) >= 11 is 1.61. The third-order valence-corrected chi connectivity index (χ3v) is 3.77. The molecule has 3 heteroatoms. The standard InChI is InChI=1S/C12H21NOS/c1-3-10(4-2)8-13-9-11(14)12-6-5-7-15-12/h5-7,10-11,13-14H,3-4,8-9H2,1-2H3. The van der Waals surface area contributed by atoms with Crippen LogP contribution < -0.4 is 5.32 Å². The van der Waals surface area contributed by atoms with Crippen LogP contribution in [0.5, 0.6) is 0 Å². The van der Waals surface area contributed by atoms with Crippen LogP contribution in [-0.4, -0.2) is 18.2 Å². The normalized spacial score (nSPS) is 13.3. The van der Waals surface area contributed by atoms with Crippen molar-refractivity contribution in [3.05, 3.63) is 22.4 Å². The Morgan fingerprint density at radius 1 is 1.33 bits per heavy atom. The molecule has 0 saturated heterocycles. The number of thiophene rings is 1. The smallest absolute Gasteiger partial charge is 0.101 e. The van der Waals surface area contributed by atoms with E-state index in [9.17, 15) is 5.11 Å². The topological polar surface area (TPSA) is 32.3 Å². The van der Waals surface area contributed by atoms with E-state index >= 15 is 0 Å². The fraction of sp³-hybridized carbons (Fsp3) is 0.667. The highest BCUT2D eigenvalue weighted by atomic mass is 32.1. The molecule has 1 atom stereocenters. The molecule has 0 bridgehead atoms. The second kappa shape index (κ2) is 6.99. The average Bonchev–Trinajstić information content (AvgIpc) is 2.77. The van der Waals surface area contributed by atoms with Gasteiger partial charge in [0, 0.05) is 11.4 Å². The van der Waals surface area contributed by atoms with Crippen LogP contribution in [0.1, 0.15) is 37.7 Å². The van der Waals surface area contributed by atoms with Gasteiger partial charge in [0.25, 0.3) is 0 Å². The molecule has 2 nitrogen and oxygen atoms in total. The Kier molecular flexibility index (Phi) is 5.91. The molecule has 0 aliphatic rings. The van der Waals surface area contributed by atoms with E-state index in [1.807, 2.05) is 17.5 Å². The third-order valence-electron chi connectivity index (χ3n) is 2.80. The second-order valence-corrected chi connectivity index (χ2v) is 4.85. The van der Waals surface area contributed by atoms with Gasteiger partial charge in [-0.2, -0.15) is 0 Å². The molecule has 0 aliphatic carbocycles. The zero-order valence-corrected chi connectivity index (χ0v) is 10.4. The van der Waals surface area contributed by atoms with Crippen LogP contribution in [0.3, 0.4) is 0 Å². The van der Waals surface area contributed by atoms with Gasteiger partial charge in [0.1, 0.15) is 6.10 Å². The lowest BCUT2D eigenvalue weighted by molar-refractivity contribution is 0.176. The van der Waals surface area contributed by atoms with Gasteiger partial charge in [0.15, 0.2) is 0 Å². The van der Waals surface area contributed by atoms with E-state index < -0.39 is 0 Å². The van der Waals surface area contributed by atoms with E-state index in [4.69, 9.17) is 0 Å². The summed E-state index contributed by atoms with van der Waals surface area (Å²) in [7, 11) is 0. The van der Waals surface area contributed by atoms with Gasteiger partial charge in [-0.15, -0.1) is 11.3 Å². The predicted octanol–water partition coefficient (Wildman–Crippen LogP) is 2.81. The van der Waals surface area contributed by atoms with Crippen molar-refractivity contribution in [3.8, 4) is 0 Å². The number of rotatable bonds is 7. The van der Waals surface area contributed by atoms with E-state index in [1.54, 1.807) is 11.3 Å². The van der Waals surface area contributed by atoms with E-state index in [0.29, 0.717) is 6.54 Å². The fourth-order valence-corrected chi connectivity index (χ4v) is 2.29. The van der Waals surface area contributed by atoms with E-state index in [0.717, 1.165) is 17.3 Å². The number of hydrogen-bond donors (Lipinski definition) is 2. The Morgan fingerprint density at radius 3 is 2.60 bits per heavy atom. The molecule has 0 aliphatic heterocycles. The minimum Gasteiger partial charge on any atom is -0.386 e. The first kappa shape index (κ1) is 12.7. The summed E-state index contributed by atoms with van der Waals surface area (Å²) in [5.41, 5.74) is 0. The molecule has 0 saturated carbocycles. The first-order chi connectivity index (χ1) is 7.27. The zero-order chi connectivity index (χ0) is 11.1. The molecule has 0 amide bonds. The van der Waals surface area contributed by atoms with Crippen molar-refractivity contribution in [1.82, 2.24) is 5.32 Å². The summed E-state index contributed by atoms with van der Waals surface area (Å²) in [6.07, 6.45) is 2.07. The van der Waals surface area contributed by atoms with E-state index in [2.05, 4.69) is 19.2 Å². The zero-order valence-electron chi connectivity index (χ0n) is 9.57. The molecular formula is C12H21NOS. The second-order valence-electron chi connectivity index (χ2n) is 3.87. The maximum absolute atomic E-state index is 9.82. The van der Waals surface area contributed by atoms with Crippen molar-refractivity contribution in [2.24, 2.45) is 5.92 Å². The van der Waals surface area contributed by atoms with Gasteiger partial charge in [-0.1, -0.05) is 32.8 Å². The van der Waals surface area contributed by atoms with Gasteiger partial charge in [-0.3, -0.25) is 0 Å². The van der Waals surface area contributed by atoms with Crippen LogP contribution in [-0.2, 0) is 0 Å². The Morgan fingerprint density at radius 2 is 2.07 bits per heavy atom. The minimum absolute atomic E-state index is 0.348. The molecule has 0 spiro atoms. The number of nitrogens with one attached hydrogen (secondary N) is 1. The molecule has 15 heavy (non-hydrogen) atoms. The van der Waals surface area contributed by atoms with Crippen molar-refractivity contribution >= 4 is 11.3 Å². The molecule has 0 radical (unpaired) electrons. The molecule has 2 N–H and O–H groups in total. The first-order valence-electron chi connectivity index (χ1n) is 5.70. The van der Waals surface area contributed by atoms with Crippen LogP contribution in [0.25, 0.3) is 0 Å². The van der Waals surface area contributed by atoms with Crippen molar-refractivity contribution in [3.63, 3.8) is 0 Å². The van der Waals surface area contributed by atoms with Crippen LogP contribution in [0.15, 0.2) is 17.5 Å². The monoisotopic (exact) mass is 227 g/mol. The van der Waals surface area contributed by atoms with Crippen LogP contribution in [0, 0.1) is 5.92 Å². The lowest BCUT2D eigenvalue weighted by atomic mass is 10.0. The Hall–Kier alpha value is -0.380. The molecular weight excluding hydrogens is 206 g/mol. The largest absolute Gasteiger partial charge is 0.386 e. The Labute approximate surface area is 96.3 Å². The summed E-state index contributed by atoms with van der Waals surface area (Å²) in [6.45, 7) is 6.10. The Bertz CT molecular complexity index is 244. The number of aliphatic hydroxyl groups is 1. The van der Waals surface area contributed by atoms with E-state index in [-0.39, 0.29) is 6.10 Å². The fourth-order valence-electron chi connectivity index (χ4n) is 1.58. The maximum Gasteiger partial charge on any atom is 0.101 e. The van der Waals surface area contributed by atoms with Crippen LogP contribution >= 0.6 is 11.3 Å². The number of aliphatic hydroxyl groups excluding tert-OH is 1. The molecule has 1 aromatic rings. The van der Waals surface area contributed by atoms with Crippen molar-refractivity contribution in [1.29, 1.82) is 0 Å². The van der Waals surface area contributed by atoms with E-state index in [1.165, 1.54) is 12.8 Å². The van der Waals surface area contributed by atoms with Gasteiger partial charge in [-0.25, -0.2) is 0 Å².